The lowest BCUT2D eigenvalue weighted by Gasteiger charge is -2.27. The topological polar surface area (TPSA) is 20.3 Å². The van der Waals surface area contributed by atoms with Crippen LogP contribution in [0.25, 0.3) is 11.1 Å². The van der Waals surface area contributed by atoms with Gasteiger partial charge in [0, 0.05) is 15.0 Å². The maximum atomic E-state index is 12.9. The Labute approximate surface area is 173 Å². The van der Waals surface area contributed by atoms with E-state index in [1.807, 2.05) is 24.3 Å². The highest BCUT2D eigenvalue weighted by Crippen LogP contribution is 2.31. The zero-order chi connectivity index (χ0) is 19.6. The van der Waals surface area contributed by atoms with Crippen LogP contribution in [-0.2, 0) is 17.3 Å². The third-order valence-corrected chi connectivity index (χ3v) is 6.83. The van der Waals surface area contributed by atoms with Gasteiger partial charge in [0.1, 0.15) is 0 Å². The minimum Gasteiger partial charge on any atom is -0.299 e. The Morgan fingerprint density at radius 3 is 2.41 bits per heavy atom. The van der Waals surface area contributed by atoms with Crippen LogP contribution in [0.15, 0.2) is 41.3 Å². The number of rotatable bonds is 4. The SMILES string of the molecule is Cc1cc(-c2ccc(I)c(CN3CCCCC3)c2)cc(S(=O)C(F)(F)F)c1. The summed E-state index contributed by atoms with van der Waals surface area (Å²) < 4.78 is 51.5. The molecule has 0 aromatic heterocycles. The van der Waals surface area contributed by atoms with E-state index in [0.29, 0.717) is 11.1 Å². The minimum absolute atomic E-state index is 0.200. The molecule has 1 aliphatic heterocycles. The molecule has 0 N–H and O–H groups in total. The summed E-state index contributed by atoms with van der Waals surface area (Å²) in [5.74, 6) is 0. The van der Waals surface area contributed by atoms with Crippen molar-refractivity contribution in [3.8, 4) is 11.1 Å². The Bertz CT molecular complexity index is 848. The number of aryl methyl sites for hydroxylation is 1. The fraction of sp³-hybridized carbons (Fsp3) is 0.400. The predicted molar refractivity (Wildman–Crippen MR) is 111 cm³/mol. The van der Waals surface area contributed by atoms with Crippen LogP contribution in [0.3, 0.4) is 0 Å². The molecule has 1 fully saturated rings. The third-order valence-electron chi connectivity index (χ3n) is 4.70. The van der Waals surface area contributed by atoms with Crippen LogP contribution in [0.2, 0.25) is 0 Å². The summed E-state index contributed by atoms with van der Waals surface area (Å²) in [4.78, 5) is 2.22. The molecule has 0 amide bonds. The first kappa shape index (κ1) is 20.8. The van der Waals surface area contributed by atoms with Crippen LogP contribution in [0, 0.1) is 10.5 Å². The molecule has 1 aliphatic rings. The highest BCUT2D eigenvalue weighted by atomic mass is 127. The van der Waals surface area contributed by atoms with Crippen LogP contribution in [0.4, 0.5) is 13.2 Å². The molecule has 2 nitrogen and oxygen atoms in total. The van der Waals surface area contributed by atoms with Crippen LogP contribution in [0.1, 0.15) is 30.4 Å². The summed E-state index contributed by atoms with van der Waals surface area (Å²) in [5.41, 5.74) is -1.40. The minimum atomic E-state index is -4.75. The Morgan fingerprint density at radius 1 is 1.04 bits per heavy atom. The molecule has 2 aromatic rings. The molecule has 3 rings (SSSR count). The van der Waals surface area contributed by atoms with Gasteiger partial charge in [-0.3, -0.25) is 4.90 Å². The zero-order valence-electron chi connectivity index (χ0n) is 15.0. The molecule has 7 heteroatoms. The van der Waals surface area contributed by atoms with Gasteiger partial charge in [-0.2, -0.15) is 13.2 Å². The summed E-state index contributed by atoms with van der Waals surface area (Å²) in [5, 5.41) is 0. The van der Waals surface area contributed by atoms with E-state index in [4.69, 9.17) is 0 Å². The molecule has 0 bridgehead atoms. The van der Waals surface area contributed by atoms with Crippen molar-refractivity contribution in [1.29, 1.82) is 0 Å². The lowest BCUT2D eigenvalue weighted by molar-refractivity contribution is -0.0384. The maximum absolute atomic E-state index is 12.9. The van der Waals surface area contributed by atoms with Gasteiger partial charge in [-0.05, 0) is 102 Å². The van der Waals surface area contributed by atoms with E-state index in [1.165, 1.54) is 37.0 Å². The molecule has 0 aliphatic carbocycles. The molecule has 146 valence electrons. The molecule has 1 saturated heterocycles. The number of halogens is 4. The van der Waals surface area contributed by atoms with Crippen molar-refractivity contribution in [3.05, 3.63) is 51.1 Å². The van der Waals surface area contributed by atoms with E-state index < -0.39 is 16.3 Å². The second-order valence-corrected chi connectivity index (χ2v) is 9.53. The normalized spacial score (nSPS) is 17.1. The molecule has 1 unspecified atom stereocenters. The highest BCUT2D eigenvalue weighted by molar-refractivity contribution is 14.1. The Balaban J connectivity index is 1.93. The van der Waals surface area contributed by atoms with Gasteiger partial charge in [0.15, 0.2) is 10.8 Å². The molecular weight excluding hydrogens is 486 g/mol. The van der Waals surface area contributed by atoms with Gasteiger partial charge >= 0.3 is 5.51 Å². The van der Waals surface area contributed by atoms with E-state index in [9.17, 15) is 17.4 Å². The summed E-state index contributed by atoms with van der Waals surface area (Å²) >= 11 is 2.30. The molecule has 0 spiro atoms. The zero-order valence-corrected chi connectivity index (χ0v) is 18.0. The van der Waals surface area contributed by atoms with Crippen LogP contribution < -0.4 is 0 Å². The van der Waals surface area contributed by atoms with Crippen LogP contribution in [-0.4, -0.2) is 27.7 Å². The van der Waals surface area contributed by atoms with E-state index in [0.717, 1.165) is 28.8 Å². The molecule has 1 atom stereocenters. The second-order valence-electron chi connectivity index (χ2n) is 6.89. The van der Waals surface area contributed by atoms with Crippen molar-refractivity contribution >= 4 is 33.4 Å². The van der Waals surface area contributed by atoms with Gasteiger partial charge in [-0.1, -0.05) is 18.6 Å². The summed E-state index contributed by atoms with van der Waals surface area (Å²) in [6.07, 6.45) is 3.69. The standard InChI is InChI=1S/C20H21F3INOS/c1-14-9-16(12-18(10-14)27(26)20(21,22)23)15-5-6-19(24)17(11-15)13-25-7-3-2-4-8-25/h5-6,9-12H,2-4,7-8,13H2,1H3. The molecule has 1 heterocycles. The Hall–Kier alpha value is -0.930. The molecular formula is C20H21F3INOS. The first-order chi connectivity index (χ1) is 12.7. The van der Waals surface area contributed by atoms with Crippen molar-refractivity contribution in [1.82, 2.24) is 4.90 Å². The van der Waals surface area contributed by atoms with Gasteiger partial charge in [0.2, 0.25) is 0 Å². The first-order valence-corrected chi connectivity index (χ1v) is 11.1. The average molecular weight is 507 g/mol. The van der Waals surface area contributed by atoms with E-state index >= 15 is 0 Å². The quantitative estimate of drug-likeness (QED) is 0.482. The fourth-order valence-electron chi connectivity index (χ4n) is 3.39. The number of piperidine rings is 1. The lowest BCUT2D eigenvalue weighted by Crippen LogP contribution is -2.29. The van der Waals surface area contributed by atoms with Crippen molar-refractivity contribution in [2.24, 2.45) is 0 Å². The van der Waals surface area contributed by atoms with Crippen molar-refractivity contribution in [2.75, 3.05) is 13.1 Å². The van der Waals surface area contributed by atoms with Gasteiger partial charge in [-0.25, -0.2) is 4.21 Å². The predicted octanol–water partition coefficient (Wildman–Crippen LogP) is 5.88. The van der Waals surface area contributed by atoms with E-state index in [1.54, 1.807) is 6.92 Å². The number of benzene rings is 2. The second kappa shape index (κ2) is 8.61. The number of likely N-dealkylation sites (tertiary alicyclic amines) is 1. The molecule has 2 aromatic carbocycles. The van der Waals surface area contributed by atoms with Crippen molar-refractivity contribution < 1.29 is 17.4 Å². The average Bonchev–Trinajstić information content (AvgIpc) is 2.62. The van der Waals surface area contributed by atoms with Gasteiger partial charge in [0.25, 0.3) is 0 Å². The first-order valence-electron chi connectivity index (χ1n) is 8.85. The molecule has 27 heavy (non-hydrogen) atoms. The molecule has 0 radical (unpaired) electrons. The number of hydrogen-bond acceptors (Lipinski definition) is 2. The number of hydrogen-bond donors (Lipinski definition) is 0. The molecule has 0 saturated carbocycles. The Kier molecular flexibility index (Phi) is 6.63. The van der Waals surface area contributed by atoms with Crippen LogP contribution in [0.5, 0.6) is 0 Å². The Morgan fingerprint density at radius 2 is 1.74 bits per heavy atom. The maximum Gasteiger partial charge on any atom is 0.475 e. The van der Waals surface area contributed by atoms with Gasteiger partial charge < -0.3 is 0 Å². The van der Waals surface area contributed by atoms with Gasteiger partial charge in [0.05, 0.1) is 0 Å². The van der Waals surface area contributed by atoms with E-state index in [-0.39, 0.29) is 4.90 Å². The lowest BCUT2D eigenvalue weighted by atomic mass is 10.0. The number of nitrogens with zero attached hydrogens (tertiary/aromatic N) is 1. The summed E-state index contributed by atoms with van der Waals surface area (Å²) in [6.45, 7) is 4.74. The monoisotopic (exact) mass is 507 g/mol. The van der Waals surface area contributed by atoms with E-state index in [2.05, 4.69) is 27.5 Å². The van der Waals surface area contributed by atoms with Gasteiger partial charge in [-0.15, -0.1) is 0 Å². The smallest absolute Gasteiger partial charge is 0.299 e. The fourth-order valence-corrected chi connectivity index (χ4v) is 4.69. The summed E-state index contributed by atoms with van der Waals surface area (Å²) in [6, 6.07) is 10.5. The largest absolute Gasteiger partial charge is 0.475 e. The summed E-state index contributed by atoms with van der Waals surface area (Å²) in [7, 11) is -3.02. The van der Waals surface area contributed by atoms with Crippen LogP contribution >= 0.6 is 22.6 Å². The third kappa shape index (κ3) is 5.32. The number of alkyl halides is 3. The van der Waals surface area contributed by atoms with Crippen molar-refractivity contribution in [2.45, 2.75) is 43.1 Å². The van der Waals surface area contributed by atoms with Crippen molar-refractivity contribution in [3.63, 3.8) is 0 Å². The highest BCUT2D eigenvalue weighted by Gasteiger charge is 2.38.